The Labute approximate surface area is 141 Å². The van der Waals surface area contributed by atoms with Gasteiger partial charge < -0.3 is 15.4 Å². The van der Waals surface area contributed by atoms with Crippen molar-refractivity contribution in [2.45, 2.75) is 38.2 Å². The molecule has 0 bridgehead atoms. The van der Waals surface area contributed by atoms with Crippen molar-refractivity contribution in [1.82, 2.24) is 20.3 Å². The highest BCUT2D eigenvalue weighted by Crippen LogP contribution is 2.16. The zero-order chi connectivity index (χ0) is 16.6. The number of nitrogens with zero attached hydrogens (tertiary/aromatic N) is 3. The van der Waals surface area contributed by atoms with Gasteiger partial charge in [0.25, 0.3) is 0 Å². The van der Waals surface area contributed by atoms with Crippen molar-refractivity contribution in [2.24, 2.45) is 0 Å². The highest BCUT2D eigenvalue weighted by molar-refractivity contribution is 5.89. The van der Waals surface area contributed by atoms with E-state index in [1.54, 1.807) is 17.1 Å². The van der Waals surface area contributed by atoms with Crippen LogP contribution in [0.3, 0.4) is 0 Å². The van der Waals surface area contributed by atoms with Crippen molar-refractivity contribution in [3.8, 4) is 5.69 Å². The van der Waals surface area contributed by atoms with Crippen LogP contribution in [-0.2, 0) is 4.74 Å². The zero-order valence-electron chi connectivity index (χ0n) is 13.6. The minimum absolute atomic E-state index is 0.187. The molecular formula is C17H23N5O2. The number of ether oxygens (including phenoxy) is 1. The number of carbonyl (C=O) groups excluding carboxylic acids is 1. The monoisotopic (exact) mass is 329 g/mol. The van der Waals surface area contributed by atoms with Crippen LogP contribution >= 0.6 is 0 Å². The number of anilines is 1. The molecule has 1 fully saturated rings. The lowest BCUT2D eigenvalue weighted by atomic mass is 10.0. The molecule has 7 nitrogen and oxygen atoms in total. The zero-order valence-corrected chi connectivity index (χ0v) is 13.6. The SMILES string of the molecule is O=C(NCCC[C@@H]1CCCCO1)Nc1ccc(-n2ccnn2)cc1. The number of hydrogen-bond acceptors (Lipinski definition) is 4. The van der Waals surface area contributed by atoms with E-state index in [2.05, 4.69) is 20.9 Å². The van der Waals surface area contributed by atoms with Gasteiger partial charge in [0.2, 0.25) is 0 Å². The van der Waals surface area contributed by atoms with E-state index < -0.39 is 0 Å². The summed E-state index contributed by atoms with van der Waals surface area (Å²) in [4.78, 5) is 11.9. The summed E-state index contributed by atoms with van der Waals surface area (Å²) in [6, 6.07) is 7.25. The number of carbonyl (C=O) groups is 1. The third-order valence-corrected chi connectivity index (χ3v) is 4.07. The molecule has 0 aliphatic carbocycles. The molecule has 2 N–H and O–H groups in total. The van der Waals surface area contributed by atoms with Crippen LogP contribution in [0.5, 0.6) is 0 Å². The van der Waals surface area contributed by atoms with Gasteiger partial charge in [-0.3, -0.25) is 0 Å². The van der Waals surface area contributed by atoms with Gasteiger partial charge in [0, 0.05) is 18.8 Å². The third-order valence-electron chi connectivity index (χ3n) is 4.07. The minimum atomic E-state index is -0.187. The van der Waals surface area contributed by atoms with Crippen molar-refractivity contribution in [3.05, 3.63) is 36.7 Å². The van der Waals surface area contributed by atoms with E-state index in [0.29, 0.717) is 12.6 Å². The Morgan fingerprint density at radius 2 is 2.17 bits per heavy atom. The first kappa shape index (κ1) is 16.4. The summed E-state index contributed by atoms with van der Waals surface area (Å²) in [6.45, 7) is 1.53. The molecule has 0 unspecified atom stereocenters. The van der Waals surface area contributed by atoms with Crippen LogP contribution in [0, 0.1) is 0 Å². The average Bonchev–Trinajstić information content (AvgIpc) is 3.15. The molecule has 3 rings (SSSR count). The molecule has 2 heterocycles. The van der Waals surface area contributed by atoms with Gasteiger partial charge in [-0.1, -0.05) is 5.21 Å². The highest BCUT2D eigenvalue weighted by Gasteiger charge is 2.13. The molecule has 2 amide bonds. The number of nitrogens with one attached hydrogen (secondary N) is 2. The Hall–Kier alpha value is -2.41. The molecule has 24 heavy (non-hydrogen) atoms. The third kappa shape index (κ3) is 4.79. The summed E-state index contributed by atoms with van der Waals surface area (Å²) in [5.74, 6) is 0. The van der Waals surface area contributed by atoms with Gasteiger partial charge >= 0.3 is 6.03 Å². The van der Waals surface area contributed by atoms with E-state index in [-0.39, 0.29) is 6.03 Å². The van der Waals surface area contributed by atoms with Crippen LogP contribution in [-0.4, -0.2) is 40.3 Å². The lowest BCUT2D eigenvalue weighted by molar-refractivity contribution is 0.0103. The van der Waals surface area contributed by atoms with Crippen molar-refractivity contribution >= 4 is 11.7 Å². The second kappa shape index (κ2) is 8.44. The Balaban J connectivity index is 1.37. The Morgan fingerprint density at radius 3 is 2.88 bits per heavy atom. The normalized spacial score (nSPS) is 17.4. The lowest BCUT2D eigenvalue weighted by Gasteiger charge is -2.22. The number of aromatic nitrogens is 3. The second-order valence-corrected chi connectivity index (χ2v) is 5.91. The van der Waals surface area contributed by atoms with Gasteiger partial charge in [-0.25, -0.2) is 9.48 Å². The average molecular weight is 329 g/mol. The first-order valence-corrected chi connectivity index (χ1v) is 8.44. The number of rotatable bonds is 6. The van der Waals surface area contributed by atoms with Gasteiger partial charge in [0.15, 0.2) is 0 Å². The first-order chi connectivity index (χ1) is 11.8. The maximum absolute atomic E-state index is 11.9. The molecule has 1 aliphatic rings. The summed E-state index contributed by atoms with van der Waals surface area (Å²) in [5, 5.41) is 13.4. The van der Waals surface area contributed by atoms with Crippen molar-refractivity contribution in [3.63, 3.8) is 0 Å². The number of hydrogen-bond donors (Lipinski definition) is 2. The Morgan fingerprint density at radius 1 is 1.29 bits per heavy atom. The molecule has 1 aromatic carbocycles. The summed E-state index contributed by atoms with van der Waals surface area (Å²) < 4.78 is 7.35. The number of urea groups is 1. The van der Waals surface area contributed by atoms with Gasteiger partial charge in [0.05, 0.1) is 24.2 Å². The van der Waals surface area contributed by atoms with Gasteiger partial charge in [0.1, 0.15) is 0 Å². The molecule has 0 radical (unpaired) electrons. The molecule has 1 atom stereocenters. The van der Waals surface area contributed by atoms with E-state index in [0.717, 1.165) is 37.2 Å². The van der Waals surface area contributed by atoms with Crippen molar-refractivity contribution in [1.29, 1.82) is 0 Å². The quantitative estimate of drug-likeness (QED) is 0.799. The molecule has 128 valence electrons. The fourth-order valence-electron chi connectivity index (χ4n) is 2.79. The van der Waals surface area contributed by atoms with Crippen LogP contribution in [0.25, 0.3) is 5.69 Å². The molecule has 1 saturated heterocycles. The second-order valence-electron chi connectivity index (χ2n) is 5.91. The Bertz CT molecular complexity index is 621. The Kier molecular flexibility index (Phi) is 5.79. The summed E-state index contributed by atoms with van der Waals surface area (Å²) in [5.41, 5.74) is 1.64. The van der Waals surface area contributed by atoms with E-state index in [1.807, 2.05) is 24.3 Å². The lowest BCUT2D eigenvalue weighted by Crippen LogP contribution is -2.30. The smallest absolute Gasteiger partial charge is 0.319 e. The van der Waals surface area contributed by atoms with E-state index in [1.165, 1.54) is 12.8 Å². The van der Waals surface area contributed by atoms with Gasteiger partial charge in [-0.05, 0) is 56.4 Å². The van der Waals surface area contributed by atoms with Gasteiger partial charge in [-0.15, -0.1) is 5.10 Å². The summed E-state index contributed by atoms with van der Waals surface area (Å²) >= 11 is 0. The molecular weight excluding hydrogens is 306 g/mol. The summed E-state index contributed by atoms with van der Waals surface area (Å²) in [7, 11) is 0. The standard InChI is InChI=1S/C17H23N5O2/c23-17(18-10-3-5-16-4-1-2-13-24-16)20-14-6-8-15(9-7-14)22-12-11-19-21-22/h6-9,11-12,16H,1-5,10,13H2,(H2,18,20,23)/t16-/m0/s1. The number of amides is 2. The van der Waals surface area contributed by atoms with Gasteiger partial charge in [-0.2, -0.15) is 0 Å². The molecule has 1 aromatic heterocycles. The fraction of sp³-hybridized carbons (Fsp3) is 0.471. The maximum Gasteiger partial charge on any atom is 0.319 e. The summed E-state index contributed by atoms with van der Waals surface area (Å²) in [6.07, 6.45) is 9.27. The predicted octanol–water partition coefficient (Wildman–Crippen LogP) is 2.74. The maximum atomic E-state index is 11.9. The predicted molar refractivity (Wildman–Crippen MR) is 91.2 cm³/mol. The van der Waals surface area contributed by atoms with Crippen LogP contribution in [0.4, 0.5) is 10.5 Å². The van der Waals surface area contributed by atoms with E-state index in [4.69, 9.17) is 4.74 Å². The van der Waals surface area contributed by atoms with Crippen molar-refractivity contribution < 1.29 is 9.53 Å². The minimum Gasteiger partial charge on any atom is -0.378 e. The van der Waals surface area contributed by atoms with E-state index >= 15 is 0 Å². The van der Waals surface area contributed by atoms with Crippen LogP contribution < -0.4 is 10.6 Å². The van der Waals surface area contributed by atoms with Crippen LogP contribution in [0.2, 0.25) is 0 Å². The molecule has 0 spiro atoms. The first-order valence-electron chi connectivity index (χ1n) is 8.44. The van der Waals surface area contributed by atoms with Crippen molar-refractivity contribution in [2.75, 3.05) is 18.5 Å². The number of benzene rings is 1. The van der Waals surface area contributed by atoms with Crippen LogP contribution in [0.1, 0.15) is 32.1 Å². The highest BCUT2D eigenvalue weighted by atomic mass is 16.5. The fourth-order valence-corrected chi connectivity index (χ4v) is 2.79. The molecule has 1 aliphatic heterocycles. The largest absolute Gasteiger partial charge is 0.378 e. The molecule has 0 saturated carbocycles. The molecule has 2 aromatic rings. The topological polar surface area (TPSA) is 81.1 Å². The molecule has 7 heteroatoms. The van der Waals surface area contributed by atoms with Crippen LogP contribution in [0.15, 0.2) is 36.7 Å². The van der Waals surface area contributed by atoms with E-state index in [9.17, 15) is 4.79 Å².